The zero-order valence-corrected chi connectivity index (χ0v) is 9.57. The molecule has 0 aliphatic heterocycles. The first-order chi connectivity index (χ1) is 7.81. The van der Waals surface area contributed by atoms with Crippen LogP contribution in [0.3, 0.4) is 0 Å². The summed E-state index contributed by atoms with van der Waals surface area (Å²) in [6.45, 7) is 4.52. The van der Waals surface area contributed by atoms with Crippen LogP contribution in [-0.4, -0.2) is 0 Å². The molecule has 1 heterocycles. The number of thiazole rings is 1. The molecule has 0 saturated heterocycles. The Labute approximate surface area is 98.7 Å². The Kier molecular flexibility index (Phi) is 3.13. The molecule has 16 heavy (non-hydrogen) atoms. The van der Waals surface area contributed by atoms with Gasteiger partial charge in [-0.05, 0) is 0 Å². The van der Waals surface area contributed by atoms with Crippen molar-refractivity contribution in [3.8, 4) is 6.07 Å². The predicted octanol–water partition coefficient (Wildman–Crippen LogP) is 2.62. The van der Waals surface area contributed by atoms with Crippen LogP contribution in [0, 0.1) is 11.3 Å². The van der Waals surface area contributed by atoms with E-state index in [1.807, 2.05) is 34.3 Å². The summed E-state index contributed by atoms with van der Waals surface area (Å²) < 4.78 is 2.05. The monoisotopic (exact) mass is 227 g/mol. The highest BCUT2D eigenvalue weighted by atomic mass is 32.1. The van der Waals surface area contributed by atoms with Crippen molar-refractivity contribution in [1.82, 2.24) is 0 Å². The third kappa shape index (κ3) is 2.18. The fourth-order valence-electron chi connectivity index (χ4n) is 1.50. The molecule has 0 bridgehead atoms. The summed E-state index contributed by atoms with van der Waals surface area (Å²) in [5, 5.41) is 11.7. The van der Waals surface area contributed by atoms with Crippen LogP contribution < -0.4 is 4.57 Å². The molecule has 2 aromatic rings. The van der Waals surface area contributed by atoms with Gasteiger partial charge in [0.25, 0.3) is 5.01 Å². The highest BCUT2D eigenvalue weighted by molar-refractivity contribution is 7.10. The van der Waals surface area contributed by atoms with Crippen LogP contribution in [0.25, 0.3) is 5.57 Å². The van der Waals surface area contributed by atoms with E-state index in [4.69, 9.17) is 5.26 Å². The minimum absolute atomic E-state index is 0.519. The lowest BCUT2D eigenvalue weighted by Gasteiger charge is -1.96. The van der Waals surface area contributed by atoms with Gasteiger partial charge < -0.3 is 0 Å². The lowest BCUT2D eigenvalue weighted by atomic mass is 10.2. The number of hydrogen-bond acceptors (Lipinski definition) is 2. The molecule has 0 aliphatic rings. The lowest BCUT2D eigenvalue weighted by Crippen LogP contribution is -2.35. The van der Waals surface area contributed by atoms with Crippen molar-refractivity contribution in [2.75, 3.05) is 0 Å². The number of aromatic nitrogens is 1. The summed E-state index contributed by atoms with van der Waals surface area (Å²) in [5.74, 6) is 0. The van der Waals surface area contributed by atoms with Crippen LogP contribution in [0.5, 0.6) is 0 Å². The topological polar surface area (TPSA) is 27.7 Å². The molecule has 1 aromatic carbocycles. The van der Waals surface area contributed by atoms with Gasteiger partial charge >= 0.3 is 0 Å². The number of nitrogens with zero attached hydrogens (tertiary/aromatic N) is 2. The Morgan fingerprint density at radius 2 is 2.12 bits per heavy atom. The van der Waals surface area contributed by atoms with Crippen molar-refractivity contribution >= 4 is 16.9 Å². The van der Waals surface area contributed by atoms with Crippen LogP contribution in [0.2, 0.25) is 0 Å². The largest absolute Gasteiger partial charge is 0.279 e. The van der Waals surface area contributed by atoms with Gasteiger partial charge in [0.15, 0.2) is 12.7 Å². The zero-order valence-electron chi connectivity index (χ0n) is 8.76. The molecule has 0 unspecified atom stereocenters. The zero-order chi connectivity index (χ0) is 11.4. The van der Waals surface area contributed by atoms with Gasteiger partial charge in [-0.15, -0.1) is 0 Å². The van der Waals surface area contributed by atoms with E-state index in [9.17, 15) is 0 Å². The number of hydrogen-bond donors (Lipinski definition) is 0. The maximum atomic E-state index is 8.84. The van der Waals surface area contributed by atoms with Gasteiger partial charge in [-0.3, -0.25) is 0 Å². The van der Waals surface area contributed by atoms with Crippen LogP contribution in [0.1, 0.15) is 10.6 Å². The molecule has 0 amide bonds. The minimum Gasteiger partial charge on any atom is -0.192 e. The van der Waals surface area contributed by atoms with Gasteiger partial charge in [-0.25, -0.2) is 0 Å². The maximum Gasteiger partial charge on any atom is 0.279 e. The standard InChI is InChI=1S/C13H11N2S/c1-11(9-14)13-15(7-8-16-13)10-12-5-3-2-4-6-12/h2-8H,1,10H2/q+1. The molecule has 0 aliphatic carbocycles. The lowest BCUT2D eigenvalue weighted by molar-refractivity contribution is -0.685. The molecule has 78 valence electrons. The Morgan fingerprint density at radius 1 is 1.38 bits per heavy atom. The summed E-state index contributed by atoms with van der Waals surface area (Å²) in [5.41, 5.74) is 1.74. The van der Waals surface area contributed by atoms with E-state index < -0.39 is 0 Å². The normalized spacial score (nSPS) is 9.69. The van der Waals surface area contributed by atoms with E-state index in [0.717, 1.165) is 11.6 Å². The molecule has 1 aromatic heterocycles. The molecule has 0 N–H and O–H groups in total. The molecule has 0 fully saturated rings. The second-order valence-electron chi connectivity index (χ2n) is 3.41. The second kappa shape index (κ2) is 4.73. The molecule has 0 atom stereocenters. The van der Waals surface area contributed by atoms with E-state index in [1.54, 1.807) is 11.3 Å². The van der Waals surface area contributed by atoms with Crippen molar-refractivity contribution in [3.63, 3.8) is 0 Å². The van der Waals surface area contributed by atoms with Gasteiger partial charge in [0.2, 0.25) is 0 Å². The van der Waals surface area contributed by atoms with E-state index in [0.29, 0.717) is 5.57 Å². The molecule has 2 nitrogen and oxygen atoms in total. The Hall–Kier alpha value is -1.92. The number of allylic oxidation sites excluding steroid dienone is 1. The molecule has 3 heteroatoms. The van der Waals surface area contributed by atoms with E-state index in [2.05, 4.69) is 24.8 Å². The van der Waals surface area contributed by atoms with Crippen molar-refractivity contribution in [3.05, 3.63) is 59.1 Å². The Morgan fingerprint density at radius 3 is 2.81 bits per heavy atom. The quantitative estimate of drug-likeness (QED) is 0.585. The molecular weight excluding hydrogens is 216 g/mol. The number of nitriles is 1. The average molecular weight is 227 g/mol. The first-order valence-electron chi connectivity index (χ1n) is 4.91. The van der Waals surface area contributed by atoms with Crippen molar-refractivity contribution in [1.29, 1.82) is 5.26 Å². The van der Waals surface area contributed by atoms with E-state index in [-0.39, 0.29) is 0 Å². The third-order valence-corrected chi connectivity index (χ3v) is 3.23. The average Bonchev–Trinajstić information content (AvgIpc) is 2.77. The number of rotatable bonds is 3. The van der Waals surface area contributed by atoms with Crippen molar-refractivity contribution in [2.24, 2.45) is 0 Å². The van der Waals surface area contributed by atoms with Crippen LogP contribution in [-0.2, 0) is 6.54 Å². The van der Waals surface area contributed by atoms with Gasteiger partial charge in [0.1, 0.15) is 11.6 Å². The summed E-state index contributed by atoms with van der Waals surface area (Å²) in [6.07, 6.45) is 1.98. The SMILES string of the molecule is C=C(C#N)c1scc[n+]1Cc1ccccc1. The van der Waals surface area contributed by atoms with Crippen molar-refractivity contribution < 1.29 is 4.57 Å². The van der Waals surface area contributed by atoms with Crippen LogP contribution in [0.15, 0.2) is 48.5 Å². The van der Waals surface area contributed by atoms with Gasteiger partial charge in [-0.2, -0.15) is 9.83 Å². The Bertz CT molecular complexity index is 535. The van der Waals surface area contributed by atoms with Crippen LogP contribution >= 0.6 is 11.3 Å². The summed E-state index contributed by atoms with van der Waals surface area (Å²) >= 11 is 1.54. The second-order valence-corrected chi connectivity index (χ2v) is 4.31. The molecule has 0 saturated carbocycles. The number of benzene rings is 1. The predicted molar refractivity (Wildman–Crippen MR) is 64.7 cm³/mol. The van der Waals surface area contributed by atoms with Crippen molar-refractivity contribution in [2.45, 2.75) is 6.54 Å². The summed E-state index contributed by atoms with van der Waals surface area (Å²) in [7, 11) is 0. The highest BCUT2D eigenvalue weighted by Crippen LogP contribution is 2.13. The van der Waals surface area contributed by atoms with E-state index >= 15 is 0 Å². The first-order valence-corrected chi connectivity index (χ1v) is 5.79. The fraction of sp³-hybridized carbons (Fsp3) is 0.0769. The summed E-state index contributed by atoms with van der Waals surface area (Å²) in [6, 6.07) is 12.3. The third-order valence-electron chi connectivity index (χ3n) is 2.27. The molecule has 0 radical (unpaired) electrons. The maximum absolute atomic E-state index is 8.84. The summed E-state index contributed by atoms with van der Waals surface area (Å²) in [4.78, 5) is 0. The smallest absolute Gasteiger partial charge is 0.192 e. The van der Waals surface area contributed by atoms with Gasteiger partial charge in [0, 0.05) is 5.56 Å². The minimum atomic E-state index is 0.519. The Balaban J connectivity index is 2.27. The molecule has 0 spiro atoms. The van der Waals surface area contributed by atoms with E-state index in [1.165, 1.54) is 5.56 Å². The highest BCUT2D eigenvalue weighted by Gasteiger charge is 2.15. The molecule has 2 rings (SSSR count). The van der Waals surface area contributed by atoms with Gasteiger partial charge in [-0.1, -0.05) is 48.2 Å². The molecular formula is C13H11N2S+. The van der Waals surface area contributed by atoms with Crippen LogP contribution in [0.4, 0.5) is 0 Å². The first kappa shape index (κ1) is 10.6. The van der Waals surface area contributed by atoms with Gasteiger partial charge in [0.05, 0.1) is 5.38 Å². The fourth-order valence-corrected chi connectivity index (χ4v) is 2.29.